The van der Waals surface area contributed by atoms with Crippen molar-refractivity contribution in [3.63, 3.8) is 0 Å². The minimum Gasteiger partial charge on any atom is -0.497 e. The van der Waals surface area contributed by atoms with E-state index >= 15 is 0 Å². The van der Waals surface area contributed by atoms with Gasteiger partial charge in [-0.2, -0.15) is 0 Å². The maximum Gasteiger partial charge on any atom is 0.167 e. The Morgan fingerprint density at radius 2 is 0.833 bits per heavy atom. The molecule has 0 N–H and O–H groups in total. The van der Waals surface area contributed by atoms with Crippen LogP contribution in [0.3, 0.4) is 0 Å². The summed E-state index contributed by atoms with van der Waals surface area (Å²) < 4.78 is 10.7. The molecule has 1 saturated carbocycles. The average Bonchev–Trinajstić information content (AvgIpc) is 2.94. The van der Waals surface area contributed by atoms with E-state index in [1.54, 1.807) is 14.2 Å². The number of rotatable bonds is 8. The van der Waals surface area contributed by atoms with E-state index in [0.717, 1.165) is 22.6 Å². The van der Waals surface area contributed by atoms with Crippen molar-refractivity contribution in [1.82, 2.24) is 0 Å². The molecule has 0 amide bonds. The molecule has 0 saturated heterocycles. The molecule has 4 heteroatoms. The molecule has 1 aliphatic rings. The van der Waals surface area contributed by atoms with Crippen LogP contribution in [0, 0.1) is 11.8 Å². The summed E-state index contributed by atoms with van der Waals surface area (Å²) >= 11 is 0. The van der Waals surface area contributed by atoms with E-state index in [9.17, 15) is 9.59 Å². The number of Topliss-reactive ketones (excluding diaryl/α,β-unsaturated/α-hetero) is 2. The SMILES string of the molecule is COc1ccc([C@@H]2[C@@H](C(=O)c3ccccc3)[C@H](C(=O)c3ccccc3)[C@H]2c2ccc(OC)cc2)cc1. The molecular weight excluding hydrogens is 448 g/mol. The number of benzene rings is 4. The Bertz CT molecular complexity index is 1220. The summed E-state index contributed by atoms with van der Waals surface area (Å²) in [5.74, 6) is 0.209. The lowest BCUT2D eigenvalue weighted by Gasteiger charge is -2.51. The first-order valence-corrected chi connectivity index (χ1v) is 12.1. The van der Waals surface area contributed by atoms with Crippen molar-refractivity contribution in [2.75, 3.05) is 14.2 Å². The van der Waals surface area contributed by atoms with E-state index < -0.39 is 11.8 Å². The second-order valence-electron chi connectivity index (χ2n) is 9.11. The van der Waals surface area contributed by atoms with Crippen LogP contribution >= 0.6 is 0 Å². The van der Waals surface area contributed by atoms with Crippen LogP contribution in [0.15, 0.2) is 109 Å². The Morgan fingerprint density at radius 1 is 0.500 bits per heavy atom. The first kappa shape index (κ1) is 23.6. The Balaban J connectivity index is 1.64. The molecule has 5 rings (SSSR count). The third kappa shape index (κ3) is 4.31. The summed E-state index contributed by atoms with van der Waals surface area (Å²) in [4.78, 5) is 27.9. The molecule has 4 aromatic rings. The second kappa shape index (κ2) is 10.2. The number of ether oxygens (including phenoxy) is 2. The van der Waals surface area contributed by atoms with Crippen LogP contribution in [0.4, 0.5) is 0 Å². The molecule has 1 aliphatic carbocycles. The van der Waals surface area contributed by atoms with Gasteiger partial charge in [-0.05, 0) is 35.4 Å². The van der Waals surface area contributed by atoms with Crippen molar-refractivity contribution in [2.45, 2.75) is 11.8 Å². The van der Waals surface area contributed by atoms with Crippen LogP contribution in [0.25, 0.3) is 0 Å². The van der Waals surface area contributed by atoms with Gasteiger partial charge in [-0.1, -0.05) is 84.9 Å². The topological polar surface area (TPSA) is 52.6 Å². The zero-order chi connectivity index (χ0) is 25.1. The first-order chi connectivity index (χ1) is 17.6. The summed E-state index contributed by atoms with van der Waals surface area (Å²) in [7, 11) is 3.27. The molecule has 0 radical (unpaired) electrons. The van der Waals surface area contributed by atoms with Crippen molar-refractivity contribution < 1.29 is 19.1 Å². The van der Waals surface area contributed by atoms with Gasteiger partial charge in [-0.25, -0.2) is 0 Å². The van der Waals surface area contributed by atoms with Gasteiger partial charge in [0, 0.05) is 34.8 Å². The van der Waals surface area contributed by atoms with Crippen molar-refractivity contribution in [3.05, 3.63) is 131 Å². The van der Waals surface area contributed by atoms with Crippen molar-refractivity contribution in [3.8, 4) is 11.5 Å². The average molecular weight is 477 g/mol. The Kier molecular flexibility index (Phi) is 6.68. The van der Waals surface area contributed by atoms with E-state index in [1.807, 2.05) is 109 Å². The molecule has 4 atom stereocenters. The summed E-state index contributed by atoms with van der Waals surface area (Å²) in [6.45, 7) is 0. The van der Waals surface area contributed by atoms with Crippen LogP contribution in [-0.4, -0.2) is 25.8 Å². The zero-order valence-electron chi connectivity index (χ0n) is 20.3. The standard InChI is InChI=1S/C32H28O4/c1-35-25-17-13-21(14-18-25)27-28(22-15-19-26(36-2)20-16-22)30(32(34)24-11-7-4-8-12-24)29(27)31(33)23-9-5-3-6-10-23/h3-20,27-30H,1-2H3/t27-,28-,29+,30+/m0/s1. The van der Waals surface area contributed by atoms with Gasteiger partial charge in [0.15, 0.2) is 11.6 Å². The summed E-state index contributed by atoms with van der Waals surface area (Å²) in [6.07, 6.45) is 0. The maximum atomic E-state index is 14.0. The van der Waals surface area contributed by atoms with Gasteiger partial charge >= 0.3 is 0 Å². The largest absolute Gasteiger partial charge is 0.497 e. The zero-order valence-corrected chi connectivity index (χ0v) is 20.3. The normalized spacial score (nSPS) is 20.7. The number of hydrogen-bond donors (Lipinski definition) is 0. The molecule has 0 spiro atoms. The molecule has 1 fully saturated rings. The lowest BCUT2D eigenvalue weighted by molar-refractivity contribution is 0.0456. The Hall–Kier alpha value is -4.18. The molecule has 4 aromatic carbocycles. The highest BCUT2D eigenvalue weighted by molar-refractivity contribution is 6.07. The van der Waals surface area contributed by atoms with E-state index in [0.29, 0.717) is 11.1 Å². The van der Waals surface area contributed by atoms with Crippen molar-refractivity contribution >= 4 is 11.6 Å². The van der Waals surface area contributed by atoms with Gasteiger partial charge in [-0.3, -0.25) is 9.59 Å². The quantitative estimate of drug-likeness (QED) is 0.270. The minimum atomic E-state index is -0.486. The van der Waals surface area contributed by atoms with Crippen molar-refractivity contribution in [1.29, 1.82) is 0 Å². The Labute approximate surface area is 211 Å². The maximum absolute atomic E-state index is 14.0. The van der Waals surface area contributed by atoms with Gasteiger partial charge in [0.05, 0.1) is 14.2 Å². The second-order valence-corrected chi connectivity index (χ2v) is 9.11. The fraction of sp³-hybridized carbons (Fsp3) is 0.188. The highest BCUT2D eigenvalue weighted by Gasteiger charge is 2.57. The fourth-order valence-electron chi connectivity index (χ4n) is 5.47. The molecule has 180 valence electrons. The highest BCUT2D eigenvalue weighted by atomic mass is 16.5. The monoisotopic (exact) mass is 476 g/mol. The summed E-state index contributed by atoms with van der Waals surface area (Å²) in [5, 5.41) is 0. The number of carbonyl (C=O) groups excluding carboxylic acids is 2. The van der Waals surface area contributed by atoms with Gasteiger partial charge in [-0.15, -0.1) is 0 Å². The molecule has 4 nitrogen and oxygen atoms in total. The Morgan fingerprint density at radius 3 is 1.14 bits per heavy atom. The minimum absolute atomic E-state index is 0.00420. The highest BCUT2D eigenvalue weighted by Crippen LogP contribution is 2.59. The van der Waals surface area contributed by atoms with E-state index in [2.05, 4.69) is 0 Å². The van der Waals surface area contributed by atoms with Gasteiger partial charge < -0.3 is 9.47 Å². The molecule has 0 aliphatic heterocycles. The fourth-order valence-corrected chi connectivity index (χ4v) is 5.47. The molecular formula is C32H28O4. The van der Waals surface area contributed by atoms with E-state index in [-0.39, 0.29) is 23.4 Å². The molecule has 0 aromatic heterocycles. The third-order valence-corrected chi connectivity index (χ3v) is 7.27. The molecule has 0 heterocycles. The van der Waals surface area contributed by atoms with Gasteiger partial charge in [0.1, 0.15) is 11.5 Å². The van der Waals surface area contributed by atoms with Crippen LogP contribution in [-0.2, 0) is 0 Å². The number of carbonyl (C=O) groups is 2. The number of methoxy groups -OCH3 is 2. The van der Waals surface area contributed by atoms with E-state index in [1.165, 1.54) is 0 Å². The smallest absolute Gasteiger partial charge is 0.167 e. The molecule has 0 unspecified atom stereocenters. The van der Waals surface area contributed by atoms with Gasteiger partial charge in [0.25, 0.3) is 0 Å². The third-order valence-electron chi connectivity index (χ3n) is 7.27. The van der Waals surface area contributed by atoms with Crippen molar-refractivity contribution in [2.24, 2.45) is 11.8 Å². The number of ketones is 2. The predicted molar refractivity (Wildman–Crippen MR) is 140 cm³/mol. The lowest BCUT2D eigenvalue weighted by atomic mass is 9.49. The van der Waals surface area contributed by atoms with E-state index in [4.69, 9.17) is 9.47 Å². The van der Waals surface area contributed by atoms with Crippen LogP contribution in [0.2, 0.25) is 0 Å². The van der Waals surface area contributed by atoms with Crippen LogP contribution < -0.4 is 9.47 Å². The van der Waals surface area contributed by atoms with Crippen LogP contribution in [0.5, 0.6) is 11.5 Å². The molecule has 0 bridgehead atoms. The summed E-state index contributed by atoms with van der Waals surface area (Å²) in [5.41, 5.74) is 3.28. The predicted octanol–water partition coefficient (Wildman–Crippen LogP) is 6.58. The summed E-state index contributed by atoms with van der Waals surface area (Å²) in [6, 6.07) is 34.3. The van der Waals surface area contributed by atoms with Crippen LogP contribution in [0.1, 0.15) is 43.7 Å². The first-order valence-electron chi connectivity index (χ1n) is 12.1. The van der Waals surface area contributed by atoms with Gasteiger partial charge in [0.2, 0.25) is 0 Å². The lowest BCUT2D eigenvalue weighted by Crippen LogP contribution is -2.51. The molecule has 36 heavy (non-hydrogen) atoms. The number of hydrogen-bond acceptors (Lipinski definition) is 4.